The molecule has 0 amide bonds. The fourth-order valence-corrected chi connectivity index (χ4v) is 9.19. The van der Waals surface area contributed by atoms with Gasteiger partial charge in [0.25, 0.3) is 40.5 Å². The smallest absolute Gasteiger partial charge is 0.397 e. The first kappa shape index (κ1) is 50.8. The van der Waals surface area contributed by atoms with Gasteiger partial charge in [0, 0.05) is 16.5 Å². The molecule has 0 spiro atoms. The van der Waals surface area contributed by atoms with Crippen molar-refractivity contribution in [2.24, 2.45) is 20.5 Å². The van der Waals surface area contributed by atoms with E-state index in [0.717, 1.165) is 30.3 Å². The molecule has 5 aromatic rings. The second-order valence-electron chi connectivity index (χ2n) is 12.4. The number of halogens is 1. The summed E-state index contributed by atoms with van der Waals surface area (Å²) in [5.41, 5.74) is -4.01. The van der Waals surface area contributed by atoms with Crippen LogP contribution in [0.1, 0.15) is 0 Å². The number of phenolic OH excluding ortho intramolecular Hbond substituents is 1. The van der Waals surface area contributed by atoms with Crippen LogP contribution in [0.2, 0.25) is 5.28 Å². The van der Waals surface area contributed by atoms with Gasteiger partial charge >= 0.3 is 10.4 Å². The number of phenols is 1. The molecule has 9 N–H and O–H groups in total. The summed E-state index contributed by atoms with van der Waals surface area (Å²) in [5.74, 6) is -4.25. The van der Waals surface area contributed by atoms with Gasteiger partial charge in [-0.3, -0.25) is 28.1 Å². The van der Waals surface area contributed by atoms with Crippen molar-refractivity contribution in [2.75, 3.05) is 34.2 Å². The maximum absolute atomic E-state index is 12.8. The van der Waals surface area contributed by atoms with Gasteiger partial charge in [0.1, 0.15) is 43.3 Å². The van der Waals surface area contributed by atoms with Crippen molar-refractivity contribution in [3.05, 3.63) is 59.9 Å². The van der Waals surface area contributed by atoms with Crippen molar-refractivity contribution in [3.8, 4) is 11.9 Å². The number of aromatic hydroxyl groups is 1. The molecule has 0 bridgehead atoms. The summed E-state index contributed by atoms with van der Waals surface area (Å²) >= 11 is 5.86. The minimum absolute atomic E-state index is 0.0934. The molecule has 0 radical (unpaired) electrons. The van der Waals surface area contributed by atoms with E-state index in [0.29, 0.717) is 24.3 Å². The van der Waals surface area contributed by atoms with Gasteiger partial charge in [-0.1, -0.05) is 0 Å². The molecule has 30 nitrogen and oxygen atoms in total. The minimum Gasteiger partial charge on any atom is -0.505 e. The number of azo groups is 2. The first-order valence-corrected chi connectivity index (χ1v) is 25.9. The molecule has 0 aliphatic heterocycles. The number of hydrogen-bond donors (Lipinski definition) is 9. The van der Waals surface area contributed by atoms with Crippen molar-refractivity contribution in [1.82, 2.24) is 15.0 Å². The van der Waals surface area contributed by atoms with Gasteiger partial charge in [-0.15, -0.1) is 20.5 Å². The molecule has 66 heavy (non-hydrogen) atoms. The molecule has 0 aliphatic carbocycles. The lowest BCUT2D eigenvalue weighted by molar-refractivity contribution is 0.284. The fourth-order valence-electron chi connectivity index (χ4n) is 5.20. The van der Waals surface area contributed by atoms with Crippen LogP contribution in [0.25, 0.3) is 10.8 Å². The highest BCUT2D eigenvalue weighted by Gasteiger charge is 2.27. The summed E-state index contributed by atoms with van der Waals surface area (Å²) in [6.45, 7) is -1.13. The van der Waals surface area contributed by atoms with Gasteiger partial charge in [-0.25, -0.2) is 12.6 Å². The summed E-state index contributed by atoms with van der Waals surface area (Å²) in [4.78, 5) is 6.89. The molecule has 1 aromatic heterocycles. The topological polar surface area (TPSA) is 483 Å². The number of nitrogens with zero attached hydrogens (tertiary/aromatic N) is 8. The van der Waals surface area contributed by atoms with Crippen LogP contribution < -0.4 is 16.0 Å². The highest BCUT2D eigenvalue weighted by molar-refractivity contribution is 7.91. The van der Waals surface area contributed by atoms with Crippen LogP contribution >= 0.6 is 11.6 Å². The molecule has 0 saturated heterocycles. The van der Waals surface area contributed by atoms with Crippen LogP contribution in [0.15, 0.2) is 94.6 Å². The Kier molecular flexibility index (Phi) is 14.6. The molecule has 0 atom stereocenters. The number of benzene rings is 4. The van der Waals surface area contributed by atoms with E-state index in [1.54, 1.807) is 6.19 Å². The van der Waals surface area contributed by atoms with Gasteiger partial charge in [-0.05, 0) is 66.2 Å². The van der Waals surface area contributed by atoms with E-state index in [1.165, 1.54) is 0 Å². The van der Waals surface area contributed by atoms with Gasteiger partial charge in [-0.2, -0.15) is 62.3 Å². The predicted molar refractivity (Wildman–Crippen MR) is 223 cm³/mol. The standard InChI is InChI=1S/C29H24ClN11O19S6/c30-27-35-28(32-12-31)37-29(36-27)34-14-1-6-21(63(48,49)50)20(9-14)39-40-24-17-11-23(65(54,55)56)25(26(42)16(17)3-5-19(24)33-13-62(45,46)47)41-38-18-4-2-15(10-22(18)64(51,52)53)61(43,44)8-7-60-66(57,58)59/h1-6,9-11,33,42H,7-8,13H2,(H,45,46,47)(H,48,49,50)(H,51,52,53)(H,54,55,56)(H,57,58,59)(H2,32,34,35,36,37). The Balaban J connectivity index is 1.70. The molecule has 0 unspecified atom stereocenters. The van der Waals surface area contributed by atoms with Crippen molar-refractivity contribution in [1.29, 1.82) is 5.26 Å². The van der Waals surface area contributed by atoms with E-state index >= 15 is 0 Å². The number of sulfone groups is 1. The Labute approximate surface area is 376 Å². The second-order valence-corrected chi connectivity index (χ2v) is 21.5. The average molecular weight is 1060 g/mol. The van der Waals surface area contributed by atoms with Gasteiger partial charge in [0.15, 0.2) is 21.8 Å². The molecule has 4 aromatic carbocycles. The zero-order valence-electron chi connectivity index (χ0n) is 31.7. The van der Waals surface area contributed by atoms with E-state index in [2.05, 4.69) is 55.5 Å². The van der Waals surface area contributed by atoms with E-state index in [9.17, 15) is 73.8 Å². The first-order valence-electron chi connectivity index (χ1n) is 16.6. The molecule has 352 valence electrons. The molecule has 5 rings (SSSR count). The lowest BCUT2D eigenvalue weighted by Gasteiger charge is -2.14. The zero-order chi connectivity index (χ0) is 49.2. The molecular weight excluding hydrogens is 1030 g/mol. The predicted octanol–water partition coefficient (Wildman–Crippen LogP) is 3.44. The highest BCUT2D eigenvalue weighted by Crippen LogP contribution is 2.47. The van der Waals surface area contributed by atoms with Crippen LogP contribution in [-0.2, 0) is 64.9 Å². The number of rotatable bonds is 18. The number of aromatic nitrogens is 3. The van der Waals surface area contributed by atoms with E-state index < -0.39 is 149 Å². The molecule has 0 saturated carbocycles. The van der Waals surface area contributed by atoms with Crippen molar-refractivity contribution < 1.29 is 82.6 Å². The van der Waals surface area contributed by atoms with E-state index in [4.69, 9.17) is 21.4 Å². The molecule has 0 fully saturated rings. The molecule has 37 heteroatoms. The van der Waals surface area contributed by atoms with E-state index in [-0.39, 0.29) is 17.6 Å². The zero-order valence-corrected chi connectivity index (χ0v) is 37.4. The normalized spacial score (nSPS) is 13.0. The monoisotopic (exact) mass is 1060 g/mol. The second kappa shape index (κ2) is 18.9. The third kappa shape index (κ3) is 13.0. The fraction of sp³-hybridized carbons (Fsp3) is 0.103. The largest absolute Gasteiger partial charge is 0.505 e. The summed E-state index contributed by atoms with van der Waals surface area (Å²) in [6, 6.07) is 6.91. The Bertz CT molecular complexity index is 3610. The summed E-state index contributed by atoms with van der Waals surface area (Å²) in [5, 5.41) is 40.5. The van der Waals surface area contributed by atoms with Crippen LogP contribution in [0.4, 0.5) is 46.0 Å². The Morgan fingerprint density at radius 2 is 1.29 bits per heavy atom. The Morgan fingerprint density at radius 3 is 1.89 bits per heavy atom. The van der Waals surface area contributed by atoms with Crippen LogP contribution in [0.3, 0.4) is 0 Å². The molecule has 0 aliphatic rings. The Hall–Kier alpha value is -6.21. The van der Waals surface area contributed by atoms with Gasteiger partial charge < -0.3 is 15.7 Å². The first-order chi connectivity index (χ1) is 30.4. The number of nitriles is 1. The number of nitrogens with one attached hydrogen (secondary N) is 3. The molecular formula is C29H24ClN11O19S6. The Morgan fingerprint density at radius 1 is 0.667 bits per heavy atom. The van der Waals surface area contributed by atoms with Crippen LogP contribution in [0.5, 0.6) is 5.75 Å². The quantitative estimate of drug-likeness (QED) is 0.0262. The van der Waals surface area contributed by atoms with E-state index in [1.807, 2.05) is 0 Å². The van der Waals surface area contributed by atoms with Crippen LogP contribution in [0, 0.1) is 11.5 Å². The van der Waals surface area contributed by atoms with Crippen molar-refractivity contribution >= 4 is 129 Å². The summed E-state index contributed by atoms with van der Waals surface area (Å²) in [6.07, 6.45) is 1.55. The van der Waals surface area contributed by atoms with Crippen molar-refractivity contribution in [2.45, 2.75) is 19.6 Å². The lowest BCUT2D eigenvalue weighted by atomic mass is 10.1. The number of anilines is 4. The lowest BCUT2D eigenvalue weighted by Crippen LogP contribution is -2.16. The third-order valence-electron chi connectivity index (χ3n) is 7.87. The van der Waals surface area contributed by atoms with Gasteiger partial charge in [0.05, 0.1) is 22.9 Å². The average Bonchev–Trinajstić information content (AvgIpc) is 3.16. The van der Waals surface area contributed by atoms with Gasteiger partial charge in [0.2, 0.25) is 17.2 Å². The van der Waals surface area contributed by atoms with Crippen LogP contribution in [-0.4, -0.2) is 112 Å². The van der Waals surface area contributed by atoms with Crippen molar-refractivity contribution in [3.63, 3.8) is 0 Å². The third-order valence-corrected chi connectivity index (χ3v) is 13.3. The maximum Gasteiger partial charge on any atom is 0.397 e. The summed E-state index contributed by atoms with van der Waals surface area (Å²) in [7, 11) is -30.7. The highest BCUT2D eigenvalue weighted by atomic mass is 35.5. The SMILES string of the molecule is N#CNc1nc(Cl)nc(Nc2ccc(S(=O)(=O)O)c(N=Nc3c(NCS(=O)(=O)O)ccc4c(O)c(N=Nc5ccc(S(=O)(=O)CCOS(=O)(=O)O)cc5S(=O)(=O)O)c(S(=O)(=O)O)cc34)c2)n1. The minimum atomic E-state index is -5.57. The number of hydrogen-bond acceptors (Lipinski definition) is 25. The molecule has 1 heterocycles. The number of fused-ring (bicyclic) bond motifs is 1. The summed E-state index contributed by atoms with van der Waals surface area (Å²) < 4.78 is 198. The maximum atomic E-state index is 12.8.